The van der Waals surface area contributed by atoms with Crippen LogP contribution in [0.4, 0.5) is 4.79 Å². The minimum atomic E-state index is -0.206. The van der Waals surface area contributed by atoms with E-state index in [0.29, 0.717) is 31.2 Å². The lowest BCUT2D eigenvalue weighted by Gasteiger charge is -2.49. The molecule has 0 N–H and O–H groups in total. The highest BCUT2D eigenvalue weighted by Gasteiger charge is 2.60. The summed E-state index contributed by atoms with van der Waals surface area (Å²) in [6.45, 7) is 11.4. The molecule has 5 heteroatoms. The van der Waals surface area contributed by atoms with Crippen LogP contribution in [-0.2, 0) is 27.4 Å². The van der Waals surface area contributed by atoms with Crippen LogP contribution in [-0.4, -0.2) is 41.4 Å². The van der Waals surface area contributed by atoms with E-state index in [1.54, 1.807) is 16.7 Å². The highest BCUT2D eigenvalue weighted by Crippen LogP contribution is 2.64. The number of ether oxygens (including phenoxy) is 3. The molecule has 1 amide bonds. The molecule has 0 unspecified atom stereocenters. The fourth-order valence-electron chi connectivity index (χ4n) is 11.4. The van der Waals surface area contributed by atoms with Crippen molar-refractivity contribution in [2.75, 3.05) is 6.54 Å². The quantitative estimate of drug-likeness (QED) is 0.303. The van der Waals surface area contributed by atoms with Gasteiger partial charge in [0.1, 0.15) is 6.61 Å². The van der Waals surface area contributed by atoms with Crippen molar-refractivity contribution in [2.24, 2.45) is 35.0 Å². The van der Waals surface area contributed by atoms with E-state index < -0.39 is 0 Å². The number of carbonyl (C=O) groups excluding carboxylic acids is 1. The molecule has 4 fully saturated rings. The van der Waals surface area contributed by atoms with Gasteiger partial charge in [0.2, 0.25) is 0 Å². The number of likely N-dealkylation sites (tertiary alicyclic amines) is 1. The lowest BCUT2D eigenvalue weighted by Crippen LogP contribution is -2.54. The predicted octanol–water partition coefficient (Wildman–Crippen LogP) is 9.67. The van der Waals surface area contributed by atoms with Gasteiger partial charge in [-0.05, 0) is 105 Å². The number of allylic oxidation sites excluding steroid dienone is 2. The number of hydrogen-bond acceptors (Lipinski definition) is 4. The zero-order valence-electron chi connectivity index (χ0n) is 29.5. The Morgan fingerprint density at radius 1 is 0.958 bits per heavy atom. The number of fused-ring (bicyclic) bond motifs is 6. The molecule has 10 atom stereocenters. The molecule has 2 saturated carbocycles. The van der Waals surface area contributed by atoms with Crippen LogP contribution in [0.15, 0.2) is 83.5 Å². The van der Waals surface area contributed by atoms with Crippen molar-refractivity contribution in [3.05, 3.63) is 94.6 Å². The van der Waals surface area contributed by atoms with Gasteiger partial charge in [-0.1, -0.05) is 104 Å². The number of benzene rings is 2. The Kier molecular flexibility index (Phi) is 8.60. The van der Waals surface area contributed by atoms with Crippen LogP contribution in [0.25, 0.3) is 0 Å². The topological polar surface area (TPSA) is 48.0 Å². The normalized spacial score (nSPS) is 38.8. The molecule has 1 spiro atoms. The molecule has 0 bridgehead atoms. The lowest BCUT2D eigenvalue weighted by molar-refractivity contribution is -0.0784. The van der Waals surface area contributed by atoms with Crippen LogP contribution in [0.5, 0.6) is 0 Å². The molecule has 2 aromatic rings. The van der Waals surface area contributed by atoms with Crippen molar-refractivity contribution < 1.29 is 19.0 Å². The smallest absolute Gasteiger partial charge is 0.410 e. The molecule has 6 aliphatic rings. The van der Waals surface area contributed by atoms with Crippen molar-refractivity contribution in [1.29, 1.82) is 0 Å². The molecule has 2 aliphatic heterocycles. The van der Waals surface area contributed by atoms with Gasteiger partial charge < -0.3 is 19.1 Å². The maximum Gasteiger partial charge on any atom is 0.410 e. The van der Waals surface area contributed by atoms with Crippen LogP contribution >= 0.6 is 0 Å². The second-order valence-corrected chi connectivity index (χ2v) is 16.7. The summed E-state index contributed by atoms with van der Waals surface area (Å²) < 4.78 is 19.6. The van der Waals surface area contributed by atoms with E-state index in [2.05, 4.69) is 64.1 Å². The summed E-state index contributed by atoms with van der Waals surface area (Å²) in [5.41, 5.74) is 7.37. The average Bonchev–Trinajstić information content (AvgIpc) is 3.56. The second kappa shape index (κ2) is 12.8. The van der Waals surface area contributed by atoms with Gasteiger partial charge in [-0.2, -0.15) is 0 Å². The third kappa shape index (κ3) is 5.67. The van der Waals surface area contributed by atoms with Crippen LogP contribution in [0.1, 0.15) is 96.6 Å². The van der Waals surface area contributed by atoms with E-state index in [1.807, 2.05) is 35.2 Å². The first kappa shape index (κ1) is 32.3. The van der Waals surface area contributed by atoms with Gasteiger partial charge in [0.15, 0.2) is 0 Å². The van der Waals surface area contributed by atoms with Gasteiger partial charge in [-0.25, -0.2) is 4.79 Å². The number of carbonyl (C=O) groups is 1. The molecule has 5 nitrogen and oxygen atoms in total. The number of hydrogen-bond donors (Lipinski definition) is 0. The highest BCUT2D eigenvalue weighted by atomic mass is 16.6. The van der Waals surface area contributed by atoms with Crippen molar-refractivity contribution in [3.8, 4) is 0 Å². The third-order valence-electron chi connectivity index (χ3n) is 13.9. The van der Waals surface area contributed by atoms with Gasteiger partial charge in [-0.3, -0.25) is 0 Å². The summed E-state index contributed by atoms with van der Waals surface area (Å²) >= 11 is 0. The van der Waals surface area contributed by atoms with Gasteiger partial charge in [0.25, 0.3) is 0 Å². The third-order valence-corrected chi connectivity index (χ3v) is 13.9. The van der Waals surface area contributed by atoms with E-state index in [1.165, 1.54) is 31.2 Å². The molecular weight excluding hydrogens is 594 g/mol. The molecule has 2 saturated heterocycles. The summed E-state index contributed by atoms with van der Waals surface area (Å²) in [5.74, 6) is 2.78. The number of rotatable bonds is 5. The van der Waals surface area contributed by atoms with Gasteiger partial charge in [0.05, 0.1) is 30.5 Å². The molecule has 48 heavy (non-hydrogen) atoms. The number of piperidine rings is 1. The summed E-state index contributed by atoms with van der Waals surface area (Å²) in [6.07, 6.45) is 13.1. The van der Waals surface area contributed by atoms with Crippen LogP contribution < -0.4 is 0 Å². The predicted molar refractivity (Wildman–Crippen MR) is 189 cm³/mol. The minimum absolute atomic E-state index is 0.0753. The molecule has 0 radical (unpaired) electrons. The molecule has 0 aromatic heterocycles. The van der Waals surface area contributed by atoms with Gasteiger partial charge >= 0.3 is 6.09 Å². The zero-order valence-corrected chi connectivity index (χ0v) is 29.5. The summed E-state index contributed by atoms with van der Waals surface area (Å²) in [4.78, 5) is 15.7. The Morgan fingerprint density at radius 2 is 1.69 bits per heavy atom. The number of nitrogens with zero attached hydrogens (tertiary/aromatic N) is 1. The zero-order chi connectivity index (χ0) is 33.0. The highest BCUT2D eigenvalue weighted by molar-refractivity contribution is 5.68. The Balaban J connectivity index is 0.962. The average molecular weight is 650 g/mol. The first-order chi connectivity index (χ1) is 23.2. The van der Waals surface area contributed by atoms with Gasteiger partial charge in [-0.15, -0.1) is 0 Å². The van der Waals surface area contributed by atoms with Crippen molar-refractivity contribution in [1.82, 2.24) is 4.90 Å². The Morgan fingerprint density at radius 3 is 2.44 bits per heavy atom. The summed E-state index contributed by atoms with van der Waals surface area (Å²) in [5, 5.41) is 0. The molecule has 256 valence electrons. The lowest BCUT2D eigenvalue weighted by atomic mass is 9.56. The maximum atomic E-state index is 13.6. The monoisotopic (exact) mass is 649 g/mol. The van der Waals surface area contributed by atoms with E-state index in [4.69, 9.17) is 14.2 Å². The number of amides is 1. The first-order valence-corrected chi connectivity index (χ1v) is 18.9. The molecular formula is C43H55NO4. The molecule has 4 aliphatic carbocycles. The van der Waals surface area contributed by atoms with E-state index in [-0.39, 0.29) is 35.2 Å². The Hall–Kier alpha value is -2.89. The maximum absolute atomic E-state index is 13.6. The van der Waals surface area contributed by atoms with E-state index in [9.17, 15) is 4.79 Å². The van der Waals surface area contributed by atoms with Gasteiger partial charge in [0, 0.05) is 12.5 Å². The summed E-state index contributed by atoms with van der Waals surface area (Å²) in [7, 11) is 0. The van der Waals surface area contributed by atoms with E-state index in [0.717, 1.165) is 56.0 Å². The van der Waals surface area contributed by atoms with Crippen molar-refractivity contribution in [3.63, 3.8) is 0 Å². The molecule has 2 aromatic carbocycles. The largest absolute Gasteiger partial charge is 0.445 e. The SMILES string of the molecule is CC1=C2C[C@H]3[C@@H](CC=C4C[C@@H](OCc5ccccc5)CC[C@@]43C)[C@@H]2CC[C@@]2(C1)O[C@@H]1C[C@H](C)CN(C(=O)OCc3ccccc3)[C@H]1[C@H]2C. The van der Waals surface area contributed by atoms with Crippen LogP contribution in [0, 0.1) is 35.0 Å². The molecule has 8 rings (SSSR count). The fourth-order valence-corrected chi connectivity index (χ4v) is 11.4. The minimum Gasteiger partial charge on any atom is -0.445 e. The second-order valence-electron chi connectivity index (χ2n) is 16.7. The van der Waals surface area contributed by atoms with E-state index >= 15 is 0 Å². The summed E-state index contributed by atoms with van der Waals surface area (Å²) in [6, 6.07) is 20.7. The first-order valence-electron chi connectivity index (χ1n) is 18.9. The molecule has 2 heterocycles. The van der Waals surface area contributed by atoms with Crippen molar-refractivity contribution in [2.45, 2.75) is 123 Å². The van der Waals surface area contributed by atoms with Crippen LogP contribution in [0.2, 0.25) is 0 Å². The standard InChI is InChI=1S/C43H55NO4/c1-28-21-39-40(44(25-28)41(45)47-27-32-13-9-6-10-14-32)30(3)43(48-39)20-18-35-36-16-15-33-22-34(46-26-31-11-7-5-8-12-31)17-19-42(33,4)38(36)23-37(35)29(2)24-43/h5-15,28,30,34-36,38-40H,16-27H2,1-4H3/t28-,30+,34-,35-,36-,38-,39+,40-,42-,43-/m0/s1. The van der Waals surface area contributed by atoms with Crippen molar-refractivity contribution >= 4 is 6.09 Å². The fraction of sp³-hybridized carbons (Fsp3) is 0.605. The van der Waals surface area contributed by atoms with Crippen LogP contribution in [0.3, 0.4) is 0 Å². The Bertz CT molecular complexity index is 1550. The Labute approximate surface area is 288 Å².